The molecule has 35 heavy (non-hydrogen) atoms. The fourth-order valence-electron chi connectivity index (χ4n) is 4.39. The topological polar surface area (TPSA) is 61.8 Å². The van der Waals surface area contributed by atoms with Crippen molar-refractivity contribution < 1.29 is 23.8 Å². The van der Waals surface area contributed by atoms with Gasteiger partial charge < -0.3 is 14.2 Å². The number of esters is 1. The molecule has 192 valence electrons. The summed E-state index contributed by atoms with van der Waals surface area (Å²) < 4.78 is 17.2. The van der Waals surface area contributed by atoms with E-state index in [-0.39, 0.29) is 49.8 Å². The van der Waals surface area contributed by atoms with E-state index in [1.807, 2.05) is 43.3 Å². The second-order valence-corrected chi connectivity index (χ2v) is 11.8. The van der Waals surface area contributed by atoms with E-state index in [1.54, 1.807) is 13.2 Å². The summed E-state index contributed by atoms with van der Waals surface area (Å²) in [6.07, 6.45) is 10.2. The third-order valence-electron chi connectivity index (χ3n) is 6.84. The van der Waals surface area contributed by atoms with Crippen LogP contribution >= 0.6 is 0 Å². The second kappa shape index (κ2) is 14.5. The zero-order valence-corrected chi connectivity index (χ0v) is 23.7. The Balaban J connectivity index is 1.94. The third kappa shape index (κ3) is 9.19. The van der Waals surface area contributed by atoms with Gasteiger partial charge in [0.1, 0.15) is 6.79 Å². The second-order valence-electron chi connectivity index (χ2n) is 9.55. The molecule has 5 nitrogen and oxygen atoms in total. The molecule has 0 saturated carbocycles. The van der Waals surface area contributed by atoms with Crippen molar-refractivity contribution in [1.82, 2.24) is 0 Å². The van der Waals surface area contributed by atoms with Crippen LogP contribution in [0.3, 0.4) is 0 Å². The van der Waals surface area contributed by atoms with Gasteiger partial charge in [0.25, 0.3) is 0 Å². The van der Waals surface area contributed by atoms with Gasteiger partial charge in [-0.25, -0.2) is 4.79 Å². The molecular weight excluding hydrogens is 507 g/mol. The normalized spacial score (nSPS) is 23.1. The molecule has 0 fully saturated rings. The summed E-state index contributed by atoms with van der Waals surface area (Å²) in [6, 6.07) is 9.93. The summed E-state index contributed by atoms with van der Waals surface area (Å²) in [5, 5.41) is 0. The molecule has 2 rings (SSSR count). The van der Waals surface area contributed by atoms with Gasteiger partial charge in [-0.3, -0.25) is 0 Å². The van der Waals surface area contributed by atoms with Crippen LogP contribution in [0, 0.1) is 11.3 Å². The van der Waals surface area contributed by atoms with Crippen LogP contribution in [0.5, 0.6) is 0 Å². The van der Waals surface area contributed by atoms with E-state index in [2.05, 4.69) is 26.8 Å². The van der Waals surface area contributed by atoms with Crippen LogP contribution in [0.1, 0.15) is 59.8 Å². The summed E-state index contributed by atoms with van der Waals surface area (Å²) in [5.74, 6) is -0.0202. The molecule has 0 aliphatic heterocycles. The van der Waals surface area contributed by atoms with Gasteiger partial charge in [-0.05, 0) is 0 Å². The van der Waals surface area contributed by atoms with Gasteiger partial charge in [0.15, 0.2) is 0 Å². The van der Waals surface area contributed by atoms with E-state index in [4.69, 9.17) is 14.2 Å². The van der Waals surface area contributed by atoms with E-state index in [1.165, 1.54) is 12.7 Å². The van der Waals surface area contributed by atoms with E-state index in [0.29, 0.717) is 5.57 Å². The minimum absolute atomic E-state index is 0.149. The van der Waals surface area contributed by atoms with Crippen LogP contribution in [0.15, 0.2) is 65.3 Å². The Morgan fingerprint density at radius 3 is 2.49 bits per heavy atom. The number of methoxy groups -OCH3 is 2. The van der Waals surface area contributed by atoms with Gasteiger partial charge in [-0.1, -0.05) is 0 Å². The van der Waals surface area contributed by atoms with Crippen molar-refractivity contribution in [2.75, 3.05) is 21.0 Å². The summed E-state index contributed by atoms with van der Waals surface area (Å²) in [4.78, 5) is 25.0. The van der Waals surface area contributed by atoms with Crippen molar-refractivity contribution in [3.8, 4) is 0 Å². The molecule has 0 spiro atoms. The molecule has 0 heterocycles. The number of rotatable bonds is 13. The SMILES string of the molecule is COCO[C@@H]1C=C(C(=O)OC)[C@@](C)(CC/C(C)=C/CC/C(C)=C/C(=O)[Se]c2ccccc2)[C@H](C)C1. The Kier molecular flexibility index (Phi) is 12.2. The number of allylic oxidation sites excluding steroid dienone is 4. The first-order chi connectivity index (χ1) is 16.7. The summed E-state index contributed by atoms with van der Waals surface area (Å²) in [7, 11) is 3.03. The van der Waals surface area contributed by atoms with E-state index >= 15 is 0 Å². The molecule has 6 heteroatoms. The quantitative estimate of drug-likeness (QED) is 0.113. The van der Waals surface area contributed by atoms with Crippen LogP contribution in [-0.2, 0) is 23.8 Å². The summed E-state index contributed by atoms with van der Waals surface area (Å²) >= 11 is -0.168. The van der Waals surface area contributed by atoms with Crippen molar-refractivity contribution in [2.45, 2.75) is 65.9 Å². The predicted molar refractivity (Wildman–Crippen MR) is 142 cm³/mol. The van der Waals surface area contributed by atoms with Gasteiger partial charge in [-0.15, -0.1) is 0 Å². The first-order valence-corrected chi connectivity index (χ1v) is 13.9. The number of ether oxygens (including phenoxy) is 3. The fraction of sp³-hybridized carbons (Fsp3) is 0.517. The Bertz CT molecular complexity index is 934. The van der Waals surface area contributed by atoms with Crippen molar-refractivity contribution in [1.29, 1.82) is 0 Å². The standard InChI is InChI=1S/C29H40O5Se/c1-21(11-10-12-22(2)17-27(30)35-25-13-8-7-9-14-25)15-16-29(4)23(3)18-24(34-20-32-5)19-26(29)28(31)33-6/h7-9,11,13-14,17,19,23-24H,10,12,15-16,18,20H2,1-6H3/b21-11+,22-17+/t23-,24+,29+/m1/s1. The molecule has 0 saturated heterocycles. The molecule has 1 aromatic rings. The Hall–Kier alpha value is -1.98. The molecule has 1 aromatic carbocycles. The van der Waals surface area contributed by atoms with Gasteiger partial charge in [0, 0.05) is 7.11 Å². The third-order valence-corrected chi connectivity index (χ3v) is 8.58. The molecule has 0 bridgehead atoms. The molecule has 3 atom stereocenters. The van der Waals surface area contributed by atoms with Gasteiger partial charge in [-0.2, -0.15) is 0 Å². The van der Waals surface area contributed by atoms with E-state index < -0.39 is 0 Å². The van der Waals surface area contributed by atoms with Crippen molar-refractivity contribution in [2.24, 2.45) is 11.3 Å². The van der Waals surface area contributed by atoms with Crippen molar-refractivity contribution in [3.63, 3.8) is 0 Å². The number of benzene rings is 1. The molecular formula is C29H40O5Se. The molecule has 0 N–H and O–H groups in total. The average molecular weight is 548 g/mol. The van der Waals surface area contributed by atoms with E-state index in [9.17, 15) is 9.59 Å². The summed E-state index contributed by atoms with van der Waals surface area (Å²) in [5.41, 5.74) is 2.83. The van der Waals surface area contributed by atoms with Gasteiger partial charge in [0.05, 0.1) is 13.2 Å². The number of hydrogen-bond acceptors (Lipinski definition) is 5. The van der Waals surface area contributed by atoms with Gasteiger partial charge >= 0.3 is 171 Å². The number of carbonyl (C=O) groups excluding carboxylic acids is 2. The average Bonchev–Trinajstić information content (AvgIpc) is 2.83. The molecule has 1 aliphatic carbocycles. The number of hydrogen-bond donors (Lipinski definition) is 0. The first-order valence-electron chi connectivity index (χ1n) is 12.2. The Labute approximate surface area is 217 Å². The maximum atomic E-state index is 12.6. The van der Waals surface area contributed by atoms with Crippen LogP contribution in [0.2, 0.25) is 0 Å². The monoisotopic (exact) mass is 548 g/mol. The van der Waals surface area contributed by atoms with Crippen molar-refractivity contribution >= 4 is 30.1 Å². The van der Waals surface area contributed by atoms with Crippen molar-refractivity contribution in [3.05, 3.63) is 65.3 Å². The zero-order valence-electron chi connectivity index (χ0n) is 22.0. The Morgan fingerprint density at radius 1 is 1.11 bits per heavy atom. The minimum atomic E-state index is -0.283. The zero-order chi connectivity index (χ0) is 25.8. The van der Waals surface area contributed by atoms with Gasteiger partial charge in [0.2, 0.25) is 0 Å². The van der Waals surface area contributed by atoms with Crippen LogP contribution in [0.4, 0.5) is 0 Å². The maximum absolute atomic E-state index is 12.6. The first kappa shape index (κ1) is 29.3. The van der Waals surface area contributed by atoms with Crippen LogP contribution < -0.4 is 4.46 Å². The molecule has 1 aliphatic rings. The Morgan fingerprint density at radius 2 is 1.83 bits per heavy atom. The molecule has 0 radical (unpaired) electrons. The molecule has 0 aromatic heterocycles. The predicted octanol–water partition coefficient (Wildman–Crippen LogP) is 5.13. The number of carbonyl (C=O) groups is 2. The fourth-order valence-corrected chi connectivity index (χ4v) is 6.04. The van der Waals surface area contributed by atoms with Crippen LogP contribution in [-0.4, -0.2) is 52.7 Å². The molecule has 0 amide bonds. The molecule has 0 unspecified atom stereocenters. The van der Waals surface area contributed by atoms with Crippen LogP contribution in [0.25, 0.3) is 0 Å². The summed E-state index contributed by atoms with van der Waals surface area (Å²) in [6.45, 7) is 8.72. The van der Waals surface area contributed by atoms with E-state index in [0.717, 1.165) is 42.1 Å².